The fraction of sp³-hybridized carbons (Fsp3) is 0.125. The van der Waals surface area contributed by atoms with E-state index >= 15 is 0 Å². The van der Waals surface area contributed by atoms with Crippen LogP contribution in [0.2, 0.25) is 5.02 Å². The second kappa shape index (κ2) is 5.89. The Balaban J connectivity index is 2.26. The van der Waals surface area contributed by atoms with Gasteiger partial charge in [-0.15, -0.1) is 0 Å². The average molecular weight is 335 g/mol. The van der Waals surface area contributed by atoms with Crippen LogP contribution in [0.25, 0.3) is 16.6 Å². The van der Waals surface area contributed by atoms with Gasteiger partial charge in [-0.25, -0.2) is 9.37 Å². The zero-order chi connectivity index (χ0) is 16.6. The lowest BCUT2D eigenvalue weighted by Gasteiger charge is -2.11. The SMILES string of the molecule is COc1cc2ncn(-c3ccc(F)c(Cl)c3)c(=O)c2cc1OC. The van der Waals surface area contributed by atoms with Gasteiger partial charge in [0.25, 0.3) is 5.56 Å². The first kappa shape index (κ1) is 15.3. The van der Waals surface area contributed by atoms with Gasteiger partial charge in [-0.05, 0) is 24.3 Å². The second-order valence-electron chi connectivity index (χ2n) is 4.74. The minimum Gasteiger partial charge on any atom is -0.493 e. The van der Waals surface area contributed by atoms with E-state index in [4.69, 9.17) is 21.1 Å². The molecule has 0 spiro atoms. The number of hydrogen-bond acceptors (Lipinski definition) is 4. The zero-order valence-electron chi connectivity index (χ0n) is 12.3. The second-order valence-corrected chi connectivity index (χ2v) is 5.15. The molecule has 0 fully saturated rings. The maximum atomic E-state index is 13.3. The van der Waals surface area contributed by atoms with E-state index in [2.05, 4.69) is 4.98 Å². The summed E-state index contributed by atoms with van der Waals surface area (Å²) in [6.07, 6.45) is 1.36. The van der Waals surface area contributed by atoms with Crippen LogP contribution in [0.5, 0.6) is 11.5 Å². The van der Waals surface area contributed by atoms with E-state index in [0.717, 1.165) is 0 Å². The zero-order valence-corrected chi connectivity index (χ0v) is 13.1. The van der Waals surface area contributed by atoms with E-state index in [1.165, 1.54) is 43.3 Å². The van der Waals surface area contributed by atoms with Crippen LogP contribution in [-0.4, -0.2) is 23.8 Å². The fourth-order valence-corrected chi connectivity index (χ4v) is 2.44. The predicted molar refractivity (Wildman–Crippen MR) is 85.4 cm³/mol. The number of nitrogens with zero attached hydrogens (tertiary/aromatic N) is 2. The molecular weight excluding hydrogens is 323 g/mol. The van der Waals surface area contributed by atoms with Crippen LogP contribution in [0.15, 0.2) is 41.5 Å². The Morgan fingerprint density at radius 2 is 1.83 bits per heavy atom. The molecule has 7 heteroatoms. The highest BCUT2D eigenvalue weighted by molar-refractivity contribution is 6.30. The molecule has 0 aliphatic carbocycles. The third-order valence-electron chi connectivity index (χ3n) is 3.44. The van der Waals surface area contributed by atoms with Gasteiger partial charge in [0.15, 0.2) is 11.5 Å². The van der Waals surface area contributed by atoms with E-state index in [0.29, 0.717) is 28.1 Å². The number of aromatic nitrogens is 2. The molecule has 5 nitrogen and oxygen atoms in total. The number of hydrogen-bond donors (Lipinski definition) is 0. The smallest absolute Gasteiger partial charge is 0.265 e. The third-order valence-corrected chi connectivity index (χ3v) is 3.73. The van der Waals surface area contributed by atoms with Crippen molar-refractivity contribution in [3.05, 3.63) is 57.9 Å². The molecule has 0 saturated carbocycles. The minimum atomic E-state index is -0.552. The Morgan fingerprint density at radius 1 is 1.13 bits per heavy atom. The number of ether oxygens (including phenoxy) is 2. The van der Waals surface area contributed by atoms with E-state index in [1.54, 1.807) is 12.1 Å². The third kappa shape index (κ3) is 2.61. The molecule has 0 amide bonds. The fourth-order valence-electron chi connectivity index (χ4n) is 2.27. The maximum absolute atomic E-state index is 13.3. The molecule has 0 unspecified atom stereocenters. The number of benzene rings is 2. The van der Waals surface area contributed by atoms with Crippen molar-refractivity contribution in [1.82, 2.24) is 9.55 Å². The van der Waals surface area contributed by atoms with Gasteiger partial charge in [-0.1, -0.05) is 11.6 Å². The van der Waals surface area contributed by atoms with Crippen molar-refractivity contribution in [3.8, 4) is 17.2 Å². The molecule has 0 saturated heterocycles. The first-order valence-electron chi connectivity index (χ1n) is 6.64. The summed E-state index contributed by atoms with van der Waals surface area (Å²) in [6, 6.07) is 7.20. The summed E-state index contributed by atoms with van der Waals surface area (Å²) >= 11 is 5.77. The number of methoxy groups -OCH3 is 2. The van der Waals surface area contributed by atoms with Crippen molar-refractivity contribution in [1.29, 1.82) is 0 Å². The summed E-state index contributed by atoms with van der Waals surface area (Å²) < 4.78 is 25.0. The molecule has 1 aromatic heterocycles. The summed E-state index contributed by atoms with van der Waals surface area (Å²) in [6.45, 7) is 0. The molecule has 3 rings (SSSR count). The van der Waals surface area contributed by atoms with Gasteiger partial charge >= 0.3 is 0 Å². The Hall–Kier alpha value is -2.60. The van der Waals surface area contributed by atoms with Crippen LogP contribution in [0.1, 0.15) is 0 Å². The summed E-state index contributed by atoms with van der Waals surface area (Å²) in [5, 5.41) is 0.285. The Bertz CT molecular complexity index is 956. The summed E-state index contributed by atoms with van der Waals surface area (Å²) in [5.74, 6) is 0.354. The van der Waals surface area contributed by atoms with Crippen LogP contribution >= 0.6 is 11.6 Å². The Kier molecular flexibility index (Phi) is 3.92. The van der Waals surface area contributed by atoms with Crippen molar-refractivity contribution < 1.29 is 13.9 Å². The monoisotopic (exact) mass is 334 g/mol. The van der Waals surface area contributed by atoms with E-state index in [1.807, 2.05) is 0 Å². The number of rotatable bonds is 3. The maximum Gasteiger partial charge on any atom is 0.265 e. The van der Waals surface area contributed by atoms with Crippen LogP contribution in [0.3, 0.4) is 0 Å². The molecule has 2 aromatic carbocycles. The molecule has 23 heavy (non-hydrogen) atoms. The van der Waals surface area contributed by atoms with Gasteiger partial charge in [0.1, 0.15) is 12.1 Å². The molecule has 0 atom stereocenters. The largest absolute Gasteiger partial charge is 0.493 e. The van der Waals surface area contributed by atoms with Crippen molar-refractivity contribution in [2.75, 3.05) is 14.2 Å². The molecule has 0 aliphatic rings. The van der Waals surface area contributed by atoms with Gasteiger partial charge in [0, 0.05) is 6.07 Å². The summed E-state index contributed by atoms with van der Waals surface area (Å²) in [4.78, 5) is 16.9. The summed E-state index contributed by atoms with van der Waals surface area (Å²) in [7, 11) is 2.99. The molecule has 0 N–H and O–H groups in total. The Morgan fingerprint density at radius 3 is 2.48 bits per heavy atom. The molecule has 0 radical (unpaired) electrons. The van der Waals surface area contributed by atoms with E-state index < -0.39 is 5.82 Å². The van der Waals surface area contributed by atoms with Crippen molar-refractivity contribution in [2.24, 2.45) is 0 Å². The quantitative estimate of drug-likeness (QED) is 0.738. The van der Waals surface area contributed by atoms with Crippen LogP contribution < -0.4 is 15.0 Å². The van der Waals surface area contributed by atoms with Gasteiger partial charge < -0.3 is 9.47 Å². The molecular formula is C16H12ClFN2O3. The number of halogens is 2. The summed E-state index contributed by atoms with van der Waals surface area (Å²) in [5.41, 5.74) is 0.571. The van der Waals surface area contributed by atoms with Gasteiger partial charge in [0.2, 0.25) is 0 Å². The van der Waals surface area contributed by atoms with Crippen LogP contribution in [-0.2, 0) is 0 Å². The van der Waals surface area contributed by atoms with Crippen molar-refractivity contribution in [2.45, 2.75) is 0 Å². The Labute approximate surface area is 135 Å². The van der Waals surface area contributed by atoms with Gasteiger partial charge in [0.05, 0.1) is 35.8 Å². The highest BCUT2D eigenvalue weighted by atomic mass is 35.5. The molecule has 1 heterocycles. The normalized spacial score (nSPS) is 10.8. The molecule has 3 aromatic rings. The standard InChI is InChI=1S/C16H12ClFN2O3/c1-22-14-6-10-13(7-15(14)23-2)19-8-20(16(10)21)9-3-4-12(18)11(17)5-9/h3-8H,1-2H3. The lowest BCUT2D eigenvalue weighted by molar-refractivity contribution is 0.355. The van der Waals surface area contributed by atoms with Gasteiger partial charge in [-0.3, -0.25) is 9.36 Å². The lowest BCUT2D eigenvalue weighted by Crippen LogP contribution is -2.19. The average Bonchev–Trinajstić information content (AvgIpc) is 2.57. The topological polar surface area (TPSA) is 53.4 Å². The molecule has 118 valence electrons. The minimum absolute atomic E-state index is 0.0678. The first-order chi connectivity index (χ1) is 11.0. The van der Waals surface area contributed by atoms with Crippen LogP contribution in [0, 0.1) is 5.82 Å². The molecule has 0 bridgehead atoms. The van der Waals surface area contributed by atoms with Crippen molar-refractivity contribution >= 4 is 22.5 Å². The highest BCUT2D eigenvalue weighted by Crippen LogP contribution is 2.30. The highest BCUT2D eigenvalue weighted by Gasteiger charge is 2.12. The first-order valence-corrected chi connectivity index (χ1v) is 7.01. The van der Waals surface area contributed by atoms with E-state index in [-0.39, 0.29) is 10.6 Å². The molecule has 0 aliphatic heterocycles. The predicted octanol–water partition coefficient (Wildman–Crippen LogP) is 3.20. The van der Waals surface area contributed by atoms with Crippen molar-refractivity contribution in [3.63, 3.8) is 0 Å². The van der Waals surface area contributed by atoms with Gasteiger partial charge in [-0.2, -0.15) is 0 Å². The number of fused-ring (bicyclic) bond motifs is 1. The van der Waals surface area contributed by atoms with E-state index in [9.17, 15) is 9.18 Å². The lowest BCUT2D eigenvalue weighted by atomic mass is 10.2. The van der Waals surface area contributed by atoms with Crippen LogP contribution in [0.4, 0.5) is 4.39 Å².